The molecule has 1 aromatic heterocycles. The van der Waals surface area contributed by atoms with E-state index in [0.717, 1.165) is 18.4 Å². The summed E-state index contributed by atoms with van der Waals surface area (Å²) in [5.74, 6) is -2.94. The van der Waals surface area contributed by atoms with Gasteiger partial charge in [-0.1, -0.05) is 0 Å². The zero-order valence-electron chi connectivity index (χ0n) is 14.7. The third-order valence-corrected chi connectivity index (χ3v) is 5.90. The predicted octanol–water partition coefficient (Wildman–Crippen LogP) is 2.65. The van der Waals surface area contributed by atoms with E-state index in [1.807, 2.05) is 12.1 Å². The third-order valence-electron chi connectivity index (χ3n) is 5.90. The van der Waals surface area contributed by atoms with Crippen molar-refractivity contribution in [1.29, 1.82) is 0 Å². The van der Waals surface area contributed by atoms with E-state index in [9.17, 15) is 13.6 Å². The maximum atomic E-state index is 13.0. The number of aromatic nitrogens is 1. The average Bonchev–Trinajstić information content (AvgIpc) is 2.99. The number of hydrogen-bond acceptors (Lipinski definition) is 4. The first-order chi connectivity index (χ1) is 12.5. The Morgan fingerprint density at radius 1 is 1.31 bits per heavy atom. The van der Waals surface area contributed by atoms with Gasteiger partial charge in [-0.2, -0.15) is 0 Å². The number of alkyl halides is 2. The van der Waals surface area contributed by atoms with Crippen LogP contribution in [-0.2, 0) is 20.9 Å². The maximum absolute atomic E-state index is 13.0. The monoisotopic (exact) mass is 366 g/mol. The minimum atomic E-state index is -2.65. The SMILES string of the molecule is O=C(C1CC(F)(F)C1)N1CC2(C1)OCC[C@@H]2CCOCc1ccncc1. The van der Waals surface area contributed by atoms with E-state index in [2.05, 4.69) is 4.98 Å². The first-order valence-corrected chi connectivity index (χ1v) is 9.25. The zero-order valence-corrected chi connectivity index (χ0v) is 14.7. The molecule has 1 saturated carbocycles. The number of carbonyl (C=O) groups is 1. The van der Waals surface area contributed by atoms with Crippen molar-refractivity contribution < 1.29 is 23.0 Å². The smallest absolute Gasteiger partial charge is 0.249 e. The highest BCUT2D eigenvalue weighted by molar-refractivity contribution is 5.81. The first kappa shape index (κ1) is 17.8. The van der Waals surface area contributed by atoms with Crippen molar-refractivity contribution in [3.8, 4) is 0 Å². The van der Waals surface area contributed by atoms with E-state index >= 15 is 0 Å². The largest absolute Gasteiger partial charge is 0.377 e. The van der Waals surface area contributed by atoms with Crippen LogP contribution in [0.3, 0.4) is 0 Å². The van der Waals surface area contributed by atoms with Crippen molar-refractivity contribution in [2.24, 2.45) is 11.8 Å². The molecule has 1 aliphatic carbocycles. The highest BCUT2D eigenvalue weighted by Crippen LogP contribution is 2.47. The molecule has 0 unspecified atom stereocenters. The molecule has 3 fully saturated rings. The lowest BCUT2D eigenvalue weighted by molar-refractivity contribution is -0.185. The Balaban J connectivity index is 1.21. The van der Waals surface area contributed by atoms with Crippen molar-refractivity contribution in [1.82, 2.24) is 9.88 Å². The maximum Gasteiger partial charge on any atom is 0.249 e. The van der Waals surface area contributed by atoms with Crippen LogP contribution in [0, 0.1) is 11.8 Å². The summed E-state index contributed by atoms with van der Waals surface area (Å²) >= 11 is 0. The summed E-state index contributed by atoms with van der Waals surface area (Å²) in [5.41, 5.74) is 0.803. The van der Waals surface area contributed by atoms with Crippen molar-refractivity contribution >= 4 is 5.91 Å². The molecule has 0 bridgehead atoms. The molecular weight excluding hydrogens is 342 g/mol. The number of ether oxygens (including phenoxy) is 2. The Hall–Kier alpha value is -1.60. The molecule has 1 atom stereocenters. The van der Waals surface area contributed by atoms with Crippen LogP contribution in [0.5, 0.6) is 0 Å². The van der Waals surface area contributed by atoms with Crippen LogP contribution in [0.1, 0.15) is 31.2 Å². The van der Waals surface area contributed by atoms with E-state index in [0.29, 0.717) is 38.8 Å². The second-order valence-corrected chi connectivity index (χ2v) is 7.75. The molecule has 1 amide bonds. The number of likely N-dealkylation sites (tertiary alicyclic amines) is 1. The van der Waals surface area contributed by atoms with Gasteiger partial charge in [0.2, 0.25) is 11.8 Å². The quantitative estimate of drug-likeness (QED) is 0.727. The number of hydrogen-bond donors (Lipinski definition) is 0. The van der Waals surface area contributed by atoms with Crippen LogP contribution in [0.4, 0.5) is 8.78 Å². The molecule has 26 heavy (non-hydrogen) atoms. The summed E-state index contributed by atoms with van der Waals surface area (Å²) in [5, 5.41) is 0. The molecule has 1 spiro atoms. The Morgan fingerprint density at radius 3 is 2.73 bits per heavy atom. The number of carbonyl (C=O) groups excluding carboxylic acids is 1. The van der Waals surface area contributed by atoms with Crippen LogP contribution in [0.15, 0.2) is 24.5 Å². The molecular formula is C19H24F2N2O3. The van der Waals surface area contributed by atoms with Gasteiger partial charge in [-0.05, 0) is 36.5 Å². The van der Waals surface area contributed by atoms with Gasteiger partial charge in [-0.25, -0.2) is 8.78 Å². The number of nitrogens with zero attached hydrogens (tertiary/aromatic N) is 2. The Morgan fingerprint density at radius 2 is 2.04 bits per heavy atom. The molecule has 0 N–H and O–H groups in total. The lowest BCUT2D eigenvalue weighted by atomic mass is 9.75. The summed E-state index contributed by atoms with van der Waals surface area (Å²) in [4.78, 5) is 17.9. The Labute approximate surface area is 151 Å². The Bertz CT molecular complexity index is 641. The highest BCUT2D eigenvalue weighted by Gasteiger charge is 2.57. The van der Waals surface area contributed by atoms with Gasteiger partial charge in [-0.15, -0.1) is 0 Å². The summed E-state index contributed by atoms with van der Waals surface area (Å²) in [6, 6.07) is 3.86. The molecule has 2 saturated heterocycles. The predicted molar refractivity (Wildman–Crippen MR) is 89.6 cm³/mol. The minimum absolute atomic E-state index is 0.135. The van der Waals surface area contributed by atoms with Crippen LogP contribution < -0.4 is 0 Å². The van der Waals surface area contributed by atoms with E-state index in [1.54, 1.807) is 17.3 Å². The first-order valence-electron chi connectivity index (χ1n) is 9.25. The normalized spacial score (nSPS) is 26.5. The standard InChI is InChI=1S/C19H24F2N2O3/c20-19(21)9-15(10-19)17(24)23-12-18(13-23)16(4-8-26-18)3-7-25-11-14-1-5-22-6-2-14/h1-2,5-6,15-16H,3-4,7-13H2/t16-/m0/s1. The van der Waals surface area contributed by atoms with E-state index in [-0.39, 0.29) is 24.3 Å². The van der Waals surface area contributed by atoms with E-state index in [1.165, 1.54) is 0 Å². The molecule has 7 heteroatoms. The minimum Gasteiger partial charge on any atom is -0.377 e. The van der Waals surface area contributed by atoms with Crippen molar-refractivity contribution in [2.75, 3.05) is 26.3 Å². The Kier molecular flexibility index (Phi) is 4.69. The highest BCUT2D eigenvalue weighted by atomic mass is 19.3. The molecule has 3 heterocycles. The summed E-state index contributed by atoms with van der Waals surface area (Å²) in [6.07, 6.45) is 4.73. The van der Waals surface area contributed by atoms with Crippen molar-refractivity contribution in [2.45, 2.75) is 43.8 Å². The number of rotatable bonds is 6. The summed E-state index contributed by atoms with van der Waals surface area (Å²) in [7, 11) is 0. The van der Waals surface area contributed by atoms with Gasteiger partial charge in [0.15, 0.2) is 0 Å². The zero-order chi connectivity index (χ0) is 18.2. The summed E-state index contributed by atoms with van der Waals surface area (Å²) < 4.78 is 37.7. The molecule has 0 radical (unpaired) electrons. The lowest BCUT2D eigenvalue weighted by Gasteiger charge is -2.52. The molecule has 2 aliphatic heterocycles. The van der Waals surface area contributed by atoms with Gasteiger partial charge in [0, 0.05) is 44.4 Å². The molecule has 0 aromatic carbocycles. The van der Waals surface area contributed by atoms with Gasteiger partial charge in [0.25, 0.3) is 0 Å². The van der Waals surface area contributed by atoms with Gasteiger partial charge < -0.3 is 14.4 Å². The second-order valence-electron chi connectivity index (χ2n) is 7.75. The topological polar surface area (TPSA) is 51.7 Å². The second kappa shape index (κ2) is 6.85. The van der Waals surface area contributed by atoms with Gasteiger partial charge in [-0.3, -0.25) is 9.78 Å². The van der Waals surface area contributed by atoms with Crippen LogP contribution in [0.2, 0.25) is 0 Å². The van der Waals surface area contributed by atoms with Gasteiger partial charge >= 0.3 is 0 Å². The van der Waals surface area contributed by atoms with Crippen LogP contribution >= 0.6 is 0 Å². The molecule has 3 aliphatic rings. The fourth-order valence-electron chi connectivity index (χ4n) is 4.29. The third kappa shape index (κ3) is 3.47. The number of halogens is 2. The van der Waals surface area contributed by atoms with E-state index < -0.39 is 11.8 Å². The van der Waals surface area contributed by atoms with Crippen molar-refractivity contribution in [3.63, 3.8) is 0 Å². The molecule has 142 valence electrons. The number of pyridine rings is 1. The van der Waals surface area contributed by atoms with Gasteiger partial charge in [0.05, 0.1) is 19.7 Å². The molecule has 5 nitrogen and oxygen atoms in total. The van der Waals surface area contributed by atoms with Gasteiger partial charge in [0.1, 0.15) is 5.60 Å². The van der Waals surface area contributed by atoms with E-state index in [4.69, 9.17) is 9.47 Å². The molecule has 4 rings (SSSR count). The van der Waals surface area contributed by atoms with Crippen LogP contribution in [-0.4, -0.2) is 53.6 Å². The fraction of sp³-hybridized carbons (Fsp3) is 0.684. The average molecular weight is 366 g/mol. The molecule has 1 aromatic rings. The van der Waals surface area contributed by atoms with Crippen LogP contribution in [0.25, 0.3) is 0 Å². The lowest BCUT2D eigenvalue weighted by Crippen LogP contribution is -2.67. The fourth-order valence-corrected chi connectivity index (χ4v) is 4.29. The van der Waals surface area contributed by atoms with Crippen molar-refractivity contribution in [3.05, 3.63) is 30.1 Å². The summed E-state index contributed by atoms with van der Waals surface area (Å²) in [6.45, 7) is 2.95. The number of amides is 1.